The Balaban J connectivity index is 5.24. The number of aliphatic hydroxyl groups excluding tert-OH is 1. The highest BCUT2D eigenvalue weighted by molar-refractivity contribution is 7.47. The number of aliphatic hydroxyl groups is 1. The van der Waals surface area contributed by atoms with E-state index in [2.05, 4.69) is 48.5 Å². The number of unbranched alkanes of at least 4 members (excludes halogenated alkanes) is 51. The lowest BCUT2D eigenvalue weighted by Gasteiger charge is -2.21. The maximum Gasteiger partial charge on any atom is 0.472 e. The van der Waals surface area contributed by atoms with Crippen molar-refractivity contribution in [1.82, 2.24) is 0 Å². The van der Waals surface area contributed by atoms with Crippen molar-refractivity contribution in [3.63, 3.8) is 0 Å². The molecule has 0 radical (unpaired) electrons. The summed E-state index contributed by atoms with van der Waals surface area (Å²) in [5, 5.41) is 10.7. The number of rotatable bonds is 84. The molecule has 3 unspecified atom stereocenters. The van der Waals surface area contributed by atoms with E-state index < -0.39 is 97.5 Å². The predicted molar refractivity (Wildman–Crippen MR) is 432 cm³/mol. The number of ether oxygens (including phenoxy) is 4. The molecular formula is C86H168O17P2. The Hall–Kier alpha value is -1.94. The first-order valence-corrected chi connectivity index (χ1v) is 47.4. The van der Waals surface area contributed by atoms with Crippen molar-refractivity contribution in [2.45, 2.75) is 471 Å². The zero-order valence-corrected chi connectivity index (χ0v) is 71.0. The highest BCUT2D eigenvalue weighted by Gasteiger charge is 2.30. The molecule has 0 saturated heterocycles. The molecule has 624 valence electrons. The van der Waals surface area contributed by atoms with Crippen molar-refractivity contribution in [2.75, 3.05) is 39.6 Å². The van der Waals surface area contributed by atoms with E-state index in [1.165, 1.54) is 263 Å². The van der Waals surface area contributed by atoms with Gasteiger partial charge in [0, 0.05) is 25.7 Å². The van der Waals surface area contributed by atoms with Crippen LogP contribution in [0.5, 0.6) is 0 Å². The molecule has 0 bridgehead atoms. The zero-order valence-electron chi connectivity index (χ0n) is 69.2. The van der Waals surface area contributed by atoms with Crippen LogP contribution in [0.3, 0.4) is 0 Å². The van der Waals surface area contributed by atoms with Gasteiger partial charge < -0.3 is 33.8 Å². The van der Waals surface area contributed by atoms with Crippen LogP contribution < -0.4 is 0 Å². The number of esters is 4. The average molecular weight is 1540 g/mol. The van der Waals surface area contributed by atoms with E-state index in [1.807, 2.05) is 0 Å². The summed E-state index contributed by atoms with van der Waals surface area (Å²) in [6.07, 6.45) is 66.6. The molecule has 0 aliphatic rings. The van der Waals surface area contributed by atoms with Gasteiger partial charge >= 0.3 is 39.5 Å². The van der Waals surface area contributed by atoms with Crippen LogP contribution in [-0.4, -0.2) is 96.7 Å². The molecule has 0 aromatic rings. The van der Waals surface area contributed by atoms with Crippen LogP contribution in [0, 0.1) is 17.8 Å². The van der Waals surface area contributed by atoms with Crippen molar-refractivity contribution in [3.05, 3.63) is 0 Å². The zero-order chi connectivity index (χ0) is 77.2. The van der Waals surface area contributed by atoms with Crippen molar-refractivity contribution < 1.29 is 80.2 Å². The van der Waals surface area contributed by atoms with Crippen LogP contribution in [0.25, 0.3) is 0 Å². The second kappa shape index (κ2) is 76.1. The van der Waals surface area contributed by atoms with Crippen molar-refractivity contribution >= 4 is 39.5 Å². The molecule has 0 saturated carbocycles. The summed E-state index contributed by atoms with van der Waals surface area (Å²) in [6.45, 7) is 12.0. The van der Waals surface area contributed by atoms with Gasteiger partial charge in [-0.05, 0) is 43.4 Å². The number of phosphoric ester groups is 2. The van der Waals surface area contributed by atoms with Gasteiger partial charge in [0.2, 0.25) is 0 Å². The number of hydrogen-bond donors (Lipinski definition) is 3. The molecule has 3 N–H and O–H groups in total. The Morgan fingerprint density at radius 2 is 0.486 bits per heavy atom. The van der Waals surface area contributed by atoms with E-state index >= 15 is 0 Å². The summed E-state index contributed by atoms with van der Waals surface area (Å²) in [5.41, 5.74) is 0. The van der Waals surface area contributed by atoms with Crippen LogP contribution in [0.1, 0.15) is 453 Å². The van der Waals surface area contributed by atoms with Crippen molar-refractivity contribution in [3.8, 4) is 0 Å². The molecule has 0 aromatic heterocycles. The van der Waals surface area contributed by atoms with Crippen LogP contribution in [0.4, 0.5) is 0 Å². The fraction of sp³-hybridized carbons (Fsp3) is 0.953. The Bertz CT molecular complexity index is 2030. The van der Waals surface area contributed by atoms with E-state index in [-0.39, 0.29) is 25.7 Å². The minimum Gasteiger partial charge on any atom is -0.462 e. The third-order valence-corrected chi connectivity index (χ3v) is 22.4. The Morgan fingerprint density at radius 3 is 0.724 bits per heavy atom. The molecule has 0 rings (SSSR count). The Morgan fingerprint density at radius 1 is 0.276 bits per heavy atom. The predicted octanol–water partition coefficient (Wildman–Crippen LogP) is 26.1. The fourth-order valence-corrected chi connectivity index (χ4v) is 14.9. The first-order valence-electron chi connectivity index (χ1n) is 44.4. The summed E-state index contributed by atoms with van der Waals surface area (Å²) < 4.78 is 68.9. The molecule has 105 heavy (non-hydrogen) atoms. The van der Waals surface area contributed by atoms with Gasteiger partial charge in [-0.2, -0.15) is 0 Å². The third-order valence-electron chi connectivity index (χ3n) is 20.5. The molecule has 0 aromatic carbocycles. The van der Waals surface area contributed by atoms with Crippen LogP contribution in [0.15, 0.2) is 0 Å². The SMILES string of the molecule is CCCCCCCCCCCCCCCCCC(=O)O[C@H](COC(=O)CCCCCCCCCCC(C)C)COP(=O)(O)OC[C@H](O)COP(=O)(O)OC[C@@H](COC(=O)CCCCCCCCCCCCCCCCC(C)C)OC(=O)CCCCCCCCCCCCCCCCCCCCC(C)CC. The molecule has 6 atom stereocenters. The molecule has 0 heterocycles. The fourth-order valence-electron chi connectivity index (χ4n) is 13.3. The molecule has 17 nitrogen and oxygen atoms in total. The van der Waals surface area contributed by atoms with E-state index in [0.29, 0.717) is 25.7 Å². The third kappa shape index (κ3) is 78.5. The molecule has 0 spiro atoms. The van der Waals surface area contributed by atoms with Gasteiger partial charge in [0.15, 0.2) is 12.2 Å². The highest BCUT2D eigenvalue weighted by atomic mass is 31.2. The number of hydrogen-bond acceptors (Lipinski definition) is 15. The van der Waals surface area contributed by atoms with E-state index in [9.17, 15) is 43.2 Å². The lowest BCUT2D eigenvalue weighted by molar-refractivity contribution is -0.161. The van der Waals surface area contributed by atoms with E-state index in [4.69, 9.17) is 37.0 Å². The van der Waals surface area contributed by atoms with Gasteiger partial charge in [-0.15, -0.1) is 0 Å². The van der Waals surface area contributed by atoms with Crippen molar-refractivity contribution in [2.24, 2.45) is 17.8 Å². The first kappa shape index (κ1) is 103. The Kier molecular flexibility index (Phi) is 74.7. The minimum atomic E-state index is -4.97. The smallest absolute Gasteiger partial charge is 0.462 e. The van der Waals surface area contributed by atoms with Gasteiger partial charge in [0.05, 0.1) is 26.4 Å². The standard InChI is InChI=1S/C86H168O17P2/c1-8-10-11-12-13-14-15-16-21-29-34-39-48-55-62-69-86(91)103-82(74-97-84(89)68-61-54-47-42-41-44-51-58-65-78(5)6)76-101-105(94,95)99-72-80(87)71-98-104(92,93)100-75-81(73-96-83(88)67-60-53-46-38-33-28-25-24-26-31-36-43-50-57-64-77(3)4)102-85(90)70-63-56-49-40-35-30-23-20-18-17-19-22-27-32-37-45-52-59-66-79(7)9-2/h77-82,87H,8-76H2,1-7H3,(H,92,93)(H,94,95)/t79?,80-,81-,82-/m1/s1. The van der Waals surface area contributed by atoms with Gasteiger partial charge in [-0.3, -0.25) is 37.3 Å². The van der Waals surface area contributed by atoms with Gasteiger partial charge in [-0.25, -0.2) is 9.13 Å². The summed E-state index contributed by atoms with van der Waals surface area (Å²) >= 11 is 0. The molecule has 0 fully saturated rings. The molecule has 0 amide bonds. The maximum atomic E-state index is 13.1. The lowest BCUT2D eigenvalue weighted by atomic mass is 9.99. The Labute approximate surface area is 645 Å². The number of carbonyl (C=O) groups excluding carboxylic acids is 4. The maximum absolute atomic E-state index is 13.1. The summed E-state index contributed by atoms with van der Waals surface area (Å²) in [5.74, 6) is 0.292. The van der Waals surface area contributed by atoms with Crippen LogP contribution >= 0.6 is 15.6 Å². The first-order chi connectivity index (χ1) is 50.8. The highest BCUT2D eigenvalue weighted by Crippen LogP contribution is 2.45. The van der Waals surface area contributed by atoms with E-state index in [1.54, 1.807) is 0 Å². The quantitative estimate of drug-likeness (QED) is 0.0222. The molecule has 0 aliphatic heterocycles. The van der Waals surface area contributed by atoms with Gasteiger partial charge in [0.1, 0.15) is 19.3 Å². The topological polar surface area (TPSA) is 237 Å². The van der Waals surface area contributed by atoms with Crippen molar-refractivity contribution in [1.29, 1.82) is 0 Å². The summed E-state index contributed by atoms with van der Waals surface area (Å²) in [4.78, 5) is 73.2. The minimum absolute atomic E-state index is 0.108. The second-order valence-corrected chi connectivity index (χ2v) is 35.0. The largest absolute Gasteiger partial charge is 0.472 e. The molecule has 19 heteroatoms. The van der Waals surface area contributed by atoms with Crippen LogP contribution in [0.2, 0.25) is 0 Å². The summed E-state index contributed by atoms with van der Waals surface area (Å²) in [7, 11) is -9.93. The number of phosphoric acid groups is 2. The average Bonchev–Trinajstić information content (AvgIpc) is 0.906. The van der Waals surface area contributed by atoms with Gasteiger partial charge in [-0.1, -0.05) is 402 Å². The van der Waals surface area contributed by atoms with Crippen LogP contribution in [-0.2, 0) is 65.4 Å². The molecule has 0 aliphatic carbocycles. The van der Waals surface area contributed by atoms with E-state index in [0.717, 1.165) is 108 Å². The number of carbonyl (C=O) groups is 4. The monoisotopic (exact) mass is 1540 g/mol. The lowest BCUT2D eigenvalue weighted by Crippen LogP contribution is -2.30. The summed E-state index contributed by atoms with van der Waals surface area (Å²) in [6, 6.07) is 0. The molecular weight excluding hydrogens is 1370 g/mol. The second-order valence-electron chi connectivity index (χ2n) is 32.1. The normalized spacial score (nSPS) is 14.1. The van der Waals surface area contributed by atoms with Gasteiger partial charge in [0.25, 0.3) is 0 Å².